The second-order valence-corrected chi connectivity index (χ2v) is 7.79. The molecule has 0 saturated carbocycles. The molecule has 0 aliphatic carbocycles. The highest BCUT2D eigenvalue weighted by molar-refractivity contribution is 14.1. The third-order valence-corrected chi connectivity index (χ3v) is 4.51. The van der Waals surface area contributed by atoms with Gasteiger partial charge in [-0.15, -0.1) is 0 Å². The average Bonchev–Trinajstić information content (AvgIpc) is 2.58. The molecule has 0 spiro atoms. The molecule has 0 unspecified atom stereocenters. The first-order valence-corrected chi connectivity index (χ1v) is 9.12. The number of methoxy groups -OCH3 is 1. The number of ether oxygens (including phenoxy) is 3. The number of aldehydes is 1. The van der Waals surface area contributed by atoms with Gasteiger partial charge in [0.25, 0.3) is 0 Å². The Balaban J connectivity index is 1.92. The molecule has 25 heavy (non-hydrogen) atoms. The summed E-state index contributed by atoms with van der Waals surface area (Å²) in [6, 6.07) is 11.5. The zero-order valence-electron chi connectivity index (χ0n) is 15.0. The molecule has 5 heteroatoms. The van der Waals surface area contributed by atoms with E-state index >= 15 is 0 Å². The molecule has 134 valence electrons. The van der Waals surface area contributed by atoms with Crippen LogP contribution in [0.15, 0.2) is 36.4 Å². The lowest BCUT2D eigenvalue weighted by Gasteiger charge is -2.19. The van der Waals surface area contributed by atoms with E-state index in [1.807, 2.05) is 12.1 Å². The first-order chi connectivity index (χ1) is 11.8. The molecule has 0 fully saturated rings. The lowest BCUT2D eigenvalue weighted by Crippen LogP contribution is -2.12. The maximum Gasteiger partial charge on any atom is 0.174 e. The Hall–Kier alpha value is -1.76. The fourth-order valence-corrected chi connectivity index (χ4v) is 3.08. The van der Waals surface area contributed by atoms with Gasteiger partial charge in [0, 0.05) is 5.56 Å². The number of rotatable bonds is 7. The normalized spacial score (nSPS) is 11.1. The molecule has 0 bridgehead atoms. The summed E-state index contributed by atoms with van der Waals surface area (Å²) in [5.74, 6) is 1.98. The molecule has 0 amide bonds. The topological polar surface area (TPSA) is 44.8 Å². The monoisotopic (exact) mass is 454 g/mol. The predicted molar refractivity (Wildman–Crippen MR) is 107 cm³/mol. The van der Waals surface area contributed by atoms with E-state index in [2.05, 4.69) is 55.5 Å². The van der Waals surface area contributed by atoms with E-state index in [0.717, 1.165) is 15.6 Å². The summed E-state index contributed by atoms with van der Waals surface area (Å²) in [6.45, 7) is 7.35. The summed E-state index contributed by atoms with van der Waals surface area (Å²) < 4.78 is 17.6. The number of benzene rings is 2. The van der Waals surface area contributed by atoms with Crippen LogP contribution in [0.1, 0.15) is 36.7 Å². The maximum atomic E-state index is 10.9. The zero-order chi connectivity index (χ0) is 18.4. The van der Waals surface area contributed by atoms with Gasteiger partial charge in [-0.2, -0.15) is 0 Å². The van der Waals surface area contributed by atoms with E-state index in [1.165, 1.54) is 5.56 Å². The van der Waals surface area contributed by atoms with Crippen LogP contribution in [0.4, 0.5) is 0 Å². The minimum absolute atomic E-state index is 0.128. The van der Waals surface area contributed by atoms with Gasteiger partial charge in [-0.25, -0.2) is 0 Å². The molecule has 2 rings (SSSR count). The highest BCUT2D eigenvalue weighted by Gasteiger charge is 2.13. The molecular weight excluding hydrogens is 431 g/mol. The van der Waals surface area contributed by atoms with E-state index in [0.29, 0.717) is 30.3 Å². The third kappa shape index (κ3) is 5.36. The Labute approximate surface area is 162 Å². The molecule has 0 saturated heterocycles. The first kappa shape index (κ1) is 19.6. The second kappa shape index (κ2) is 8.56. The molecular formula is C20H23IO4. The molecule has 0 heterocycles. The minimum Gasteiger partial charge on any atom is -0.493 e. The predicted octanol–water partition coefficient (Wildman–Crippen LogP) is 4.87. The van der Waals surface area contributed by atoms with Crippen molar-refractivity contribution in [3.05, 3.63) is 51.1 Å². The van der Waals surface area contributed by atoms with Gasteiger partial charge >= 0.3 is 0 Å². The molecule has 0 aromatic heterocycles. The van der Waals surface area contributed by atoms with Crippen molar-refractivity contribution in [2.45, 2.75) is 26.2 Å². The molecule has 0 N–H and O–H groups in total. The smallest absolute Gasteiger partial charge is 0.174 e. The number of carbonyl (C=O) groups is 1. The Morgan fingerprint density at radius 2 is 1.68 bits per heavy atom. The molecule has 4 nitrogen and oxygen atoms in total. The van der Waals surface area contributed by atoms with Crippen LogP contribution in [0.25, 0.3) is 0 Å². The maximum absolute atomic E-state index is 10.9. The number of halogens is 1. The van der Waals surface area contributed by atoms with E-state index in [1.54, 1.807) is 19.2 Å². The minimum atomic E-state index is 0.128. The Morgan fingerprint density at radius 3 is 2.24 bits per heavy atom. The summed E-state index contributed by atoms with van der Waals surface area (Å²) in [7, 11) is 1.56. The lowest BCUT2D eigenvalue weighted by atomic mass is 9.87. The summed E-state index contributed by atoms with van der Waals surface area (Å²) in [5, 5.41) is 0. The highest BCUT2D eigenvalue weighted by atomic mass is 127. The van der Waals surface area contributed by atoms with Gasteiger partial charge in [0.05, 0.1) is 10.7 Å². The quantitative estimate of drug-likeness (QED) is 0.340. The number of hydrogen-bond donors (Lipinski definition) is 0. The summed E-state index contributed by atoms with van der Waals surface area (Å²) in [5.41, 5.74) is 1.96. The zero-order valence-corrected chi connectivity index (χ0v) is 17.1. The van der Waals surface area contributed by atoms with Gasteiger partial charge in [0.15, 0.2) is 11.5 Å². The summed E-state index contributed by atoms with van der Waals surface area (Å²) >= 11 is 2.13. The fraction of sp³-hybridized carbons (Fsp3) is 0.350. The van der Waals surface area contributed by atoms with Crippen molar-refractivity contribution in [2.75, 3.05) is 20.3 Å². The lowest BCUT2D eigenvalue weighted by molar-refractivity contribution is 0.112. The Kier molecular flexibility index (Phi) is 6.70. The van der Waals surface area contributed by atoms with Crippen LogP contribution in [0.3, 0.4) is 0 Å². The molecule has 0 aliphatic rings. The summed E-state index contributed by atoms with van der Waals surface area (Å²) in [4.78, 5) is 10.9. The van der Waals surface area contributed by atoms with Gasteiger partial charge in [-0.1, -0.05) is 32.9 Å². The van der Waals surface area contributed by atoms with Crippen LogP contribution in [-0.4, -0.2) is 26.6 Å². The van der Waals surface area contributed by atoms with Gasteiger partial charge in [0.2, 0.25) is 0 Å². The van der Waals surface area contributed by atoms with Crippen molar-refractivity contribution < 1.29 is 19.0 Å². The Morgan fingerprint density at radius 1 is 1.04 bits per heavy atom. The van der Waals surface area contributed by atoms with Gasteiger partial charge in [-0.3, -0.25) is 4.79 Å². The van der Waals surface area contributed by atoms with Crippen molar-refractivity contribution in [3.63, 3.8) is 0 Å². The van der Waals surface area contributed by atoms with Crippen molar-refractivity contribution in [2.24, 2.45) is 0 Å². The van der Waals surface area contributed by atoms with Gasteiger partial charge in [0.1, 0.15) is 25.2 Å². The first-order valence-electron chi connectivity index (χ1n) is 8.04. The standard InChI is InChI=1S/C20H23IO4/c1-20(2,3)15-5-7-16(8-6-15)24-9-10-25-19-17(21)11-14(13-22)12-18(19)23-4/h5-8,11-13H,9-10H2,1-4H3. The van der Waals surface area contributed by atoms with Crippen LogP contribution in [0.5, 0.6) is 17.2 Å². The summed E-state index contributed by atoms with van der Waals surface area (Å²) in [6.07, 6.45) is 0.790. The Bertz CT molecular complexity index is 718. The number of hydrogen-bond acceptors (Lipinski definition) is 4. The fourth-order valence-electron chi connectivity index (χ4n) is 2.30. The van der Waals surface area contributed by atoms with Crippen molar-refractivity contribution in [1.29, 1.82) is 0 Å². The molecule has 0 radical (unpaired) electrons. The van der Waals surface area contributed by atoms with Crippen LogP contribution in [-0.2, 0) is 5.41 Å². The van der Waals surface area contributed by atoms with Crippen molar-refractivity contribution >= 4 is 28.9 Å². The highest BCUT2D eigenvalue weighted by Crippen LogP contribution is 2.33. The van der Waals surface area contributed by atoms with Crippen LogP contribution < -0.4 is 14.2 Å². The SMILES string of the molecule is COc1cc(C=O)cc(I)c1OCCOc1ccc(C(C)(C)C)cc1. The molecule has 2 aromatic rings. The van der Waals surface area contributed by atoms with E-state index < -0.39 is 0 Å². The van der Waals surface area contributed by atoms with Gasteiger partial charge in [-0.05, 0) is 57.8 Å². The van der Waals surface area contributed by atoms with Crippen LogP contribution >= 0.6 is 22.6 Å². The van der Waals surface area contributed by atoms with E-state index in [4.69, 9.17) is 14.2 Å². The van der Waals surface area contributed by atoms with Crippen LogP contribution in [0.2, 0.25) is 0 Å². The molecule has 0 atom stereocenters. The average molecular weight is 454 g/mol. The van der Waals surface area contributed by atoms with Gasteiger partial charge < -0.3 is 14.2 Å². The molecule has 2 aromatic carbocycles. The third-order valence-electron chi connectivity index (χ3n) is 3.71. The number of carbonyl (C=O) groups excluding carboxylic acids is 1. The van der Waals surface area contributed by atoms with E-state index in [9.17, 15) is 4.79 Å². The van der Waals surface area contributed by atoms with Crippen molar-refractivity contribution in [3.8, 4) is 17.2 Å². The van der Waals surface area contributed by atoms with E-state index in [-0.39, 0.29) is 5.41 Å². The van der Waals surface area contributed by atoms with Crippen LogP contribution in [0, 0.1) is 3.57 Å². The van der Waals surface area contributed by atoms with Crippen molar-refractivity contribution in [1.82, 2.24) is 0 Å². The second-order valence-electron chi connectivity index (χ2n) is 6.62. The molecule has 0 aliphatic heterocycles. The largest absolute Gasteiger partial charge is 0.493 e.